The van der Waals surface area contributed by atoms with Crippen LogP contribution in [-0.4, -0.2) is 46.7 Å². The van der Waals surface area contributed by atoms with E-state index in [-0.39, 0.29) is 17.8 Å². The van der Waals surface area contributed by atoms with Crippen LogP contribution in [0.25, 0.3) is 0 Å². The van der Waals surface area contributed by atoms with Crippen molar-refractivity contribution in [3.05, 3.63) is 35.4 Å². The first-order chi connectivity index (χ1) is 12.3. The number of benzene rings is 1. The van der Waals surface area contributed by atoms with E-state index in [0.717, 1.165) is 17.7 Å². The molecule has 0 heterocycles. The smallest absolute Gasteiger partial charge is 0.216 e. The Morgan fingerprint density at radius 2 is 1.85 bits per heavy atom. The average Bonchev–Trinajstić information content (AvgIpc) is 2.52. The van der Waals surface area contributed by atoms with E-state index in [9.17, 15) is 8.42 Å². The molecule has 148 valence electrons. The van der Waals surface area contributed by atoms with Crippen molar-refractivity contribution in [1.82, 2.24) is 15.4 Å². The van der Waals surface area contributed by atoms with Crippen LogP contribution in [0.1, 0.15) is 38.8 Å². The lowest BCUT2D eigenvalue weighted by atomic mass is 10.1. The molecule has 0 aromatic heterocycles. The molecule has 0 aliphatic carbocycles. The number of nitrogens with zero attached hydrogens (tertiary/aromatic N) is 1. The summed E-state index contributed by atoms with van der Waals surface area (Å²) < 4.78 is 32.2. The van der Waals surface area contributed by atoms with Crippen molar-refractivity contribution < 1.29 is 13.2 Å². The van der Waals surface area contributed by atoms with Gasteiger partial charge in [0.2, 0.25) is 10.0 Å². The minimum atomic E-state index is -3.38. The molecule has 0 aliphatic rings. The lowest BCUT2D eigenvalue weighted by molar-refractivity contribution is 0.179. The summed E-state index contributed by atoms with van der Waals surface area (Å²) in [5.41, 5.74) is 1.64. The first-order valence-corrected chi connectivity index (χ1v) is 10.5. The third kappa shape index (κ3) is 8.64. The first-order valence-electron chi connectivity index (χ1n) is 8.88. The van der Waals surface area contributed by atoms with E-state index in [1.807, 2.05) is 52.0 Å². The predicted octanol–water partition coefficient (Wildman–Crippen LogP) is 1.60. The van der Waals surface area contributed by atoms with Gasteiger partial charge in [-0.05, 0) is 38.8 Å². The Morgan fingerprint density at radius 1 is 1.19 bits per heavy atom. The fourth-order valence-corrected chi connectivity index (χ4v) is 3.96. The molecule has 1 unspecified atom stereocenters. The molecule has 0 saturated heterocycles. The number of nitrogens with one attached hydrogen (secondary N) is 3. The van der Waals surface area contributed by atoms with Gasteiger partial charge in [-0.3, -0.25) is 0 Å². The number of aliphatic imine (C=N–C) groups is 1. The summed E-state index contributed by atoms with van der Waals surface area (Å²) in [4.78, 5) is 4.58. The summed E-state index contributed by atoms with van der Waals surface area (Å²) in [7, 11) is -1.72. The van der Waals surface area contributed by atoms with Crippen LogP contribution >= 0.6 is 0 Å². The molecule has 0 radical (unpaired) electrons. The molecule has 8 heteroatoms. The Labute approximate surface area is 157 Å². The summed E-state index contributed by atoms with van der Waals surface area (Å²) in [5.74, 6) is 0.621. The van der Waals surface area contributed by atoms with Crippen molar-refractivity contribution in [1.29, 1.82) is 0 Å². The maximum atomic E-state index is 12.2. The Kier molecular flexibility index (Phi) is 9.61. The number of methoxy groups -OCH3 is 1. The Bertz CT molecular complexity index is 675. The average molecular weight is 385 g/mol. The molecule has 0 aliphatic heterocycles. The topological polar surface area (TPSA) is 91.8 Å². The predicted molar refractivity (Wildman–Crippen MR) is 107 cm³/mol. The third-order valence-electron chi connectivity index (χ3n) is 3.43. The molecule has 3 N–H and O–H groups in total. The van der Waals surface area contributed by atoms with Gasteiger partial charge in [0.1, 0.15) is 0 Å². The van der Waals surface area contributed by atoms with E-state index in [2.05, 4.69) is 20.3 Å². The quantitative estimate of drug-likeness (QED) is 0.421. The van der Waals surface area contributed by atoms with Crippen LogP contribution in [0.4, 0.5) is 0 Å². The lowest BCUT2D eigenvalue weighted by Gasteiger charge is -2.17. The van der Waals surface area contributed by atoms with E-state index in [4.69, 9.17) is 4.74 Å². The molecule has 1 aromatic rings. The molecule has 26 heavy (non-hydrogen) atoms. The van der Waals surface area contributed by atoms with Crippen molar-refractivity contribution in [2.45, 2.75) is 52.1 Å². The molecular weight excluding hydrogens is 352 g/mol. The van der Waals surface area contributed by atoms with E-state index < -0.39 is 10.0 Å². The lowest BCUT2D eigenvalue weighted by Crippen LogP contribution is -2.43. The number of sulfonamides is 1. The highest BCUT2D eigenvalue weighted by molar-refractivity contribution is 7.88. The van der Waals surface area contributed by atoms with Crippen molar-refractivity contribution in [2.24, 2.45) is 4.99 Å². The van der Waals surface area contributed by atoms with E-state index >= 15 is 0 Å². The fourth-order valence-electron chi connectivity index (χ4n) is 2.47. The molecule has 1 aromatic carbocycles. The number of guanidine groups is 1. The van der Waals surface area contributed by atoms with Crippen LogP contribution in [0, 0.1) is 0 Å². The van der Waals surface area contributed by atoms with Crippen LogP contribution < -0.4 is 15.4 Å². The SMILES string of the molecule is CCNC(=NCc1ccccc1CS(=O)(=O)NC(C)C)NC(C)COC. The Morgan fingerprint density at radius 3 is 2.42 bits per heavy atom. The molecule has 0 fully saturated rings. The van der Waals surface area contributed by atoms with Gasteiger partial charge in [-0.15, -0.1) is 0 Å². The zero-order chi connectivity index (χ0) is 19.6. The van der Waals surface area contributed by atoms with Gasteiger partial charge in [-0.1, -0.05) is 24.3 Å². The van der Waals surface area contributed by atoms with Gasteiger partial charge in [0.15, 0.2) is 5.96 Å². The largest absolute Gasteiger partial charge is 0.383 e. The fraction of sp³-hybridized carbons (Fsp3) is 0.611. The third-order valence-corrected chi connectivity index (χ3v) is 4.95. The number of hydrogen-bond acceptors (Lipinski definition) is 4. The van der Waals surface area contributed by atoms with Crippen molar-refractivity contribution in [2.75, 3.05) is 20.3 Å². The number of ether oxygens (including phenoxy) is 1. The van der Waals surface area contributed by atoms with Crippen molar-refractivity contribution in [3.63, 3.8) is 0 Å². The molecule has 7 nitrogen and oxygen atoms in total. The van der Waals surface area contributed by atoms with Crippen molar-refractivity contribution >= 4 is 16.0 Å². The molecule has 0 saturated carbocycles. The molecule has 0 amide bonds. The molecule has 0 spiro atoms. The maximum Gasteiger partial charge on any atom is 0.216 e. The highest BCUT2D eigenvalue weighted by atomic mass is 32.2. The van der Waals surface area contributed by atoms with E-state index in [1.165, 1.54) is 0 Å². The normalized spacial score (nSPS) is 13.7. The summed E-state index contributed by atoms with van der Waals surface area (Å²) in [6.07, 6.45) is 0. The van der Waals surface area contributed by atoms with Gasteiger partial charge in [0.25, 0.3) is 0 Å². The maximum absolute atomic E-state index is 12.2. The second-order valence-electron chi connectivity index (χ2n) is 6.50. The summed E-state index contributed by atoms with van der Waals surface area (Å²) in [6, 6.07) is 7.47. The first kappa shape index (κ1) is 22.4. The van der Waals surface area contributed by atoms with Gasteiger partial charge < -0.3 is 15.4 Å². The summed E-state index contributed by atoms with van der Waals surface area (Å²) >= 11 is 0. The zero-order valence-corrected chi connectivity index (χ0v) is 17.2. The van der Waals surface area contributed by atoms with Crippen LogP contribution in [-0.2, 0) is 27.1 Å². The van der Waals surface area contributed by atoms with E-state index in [0.29, 0.717) is 19.1 Å². The van der Waals surface area contributed by atoms with Crippen LogP contribution in [0.5, 0.6) is 0 Å². The minimum Gasteiger partial charge on any atom is -0.383 e. The van der Waals surface area contributed by atoms with Gasteiger partial charge in [0, 0.05) is 25.7 Å². The summed E-state index contributed by atoms with van der Waals surface area (Å²) in [6.45, 7) is 9.32. The second kappa shape index (κ2) is 11.2. The Balaban J connectivity index is 2.91. The second-order valence-corrected chi connectivity index (χ2v) is 8.25. The van der Waals surface area contributed by atoms with Gasteiger partial charge >= 0.3 is 0 Å². The van der Waals surface area contributed by atoms with Crippen LogP contribution in [0.3, 0.4) is 0 Å². The van der Waals surface area contributed by atoms with Crippen molar-refractivity contribution in [3.8, 4) is 0 Å². The summed E-state index contributed by atoms with van der Waals surface area (Å²) in [5, 5.41) is 6.45. The minimum absolute atomic E-state index is 0.0546. The standard InChI is InChI=1S/C18H32N4O3S/c1-6-19-18(21-15(4)12-25-5)20-11-16-9-7-8-10-17(16)13-26(23,24)22-14(2)3/h7-10,14-15,22H,6,11-13H2,1-5H3,(H2,19,20,21). The number of hydrogen-bond donors (Lipinski definition) is 3. The highest BCUT2D eigenvalue weighted by Crippen LogP contribution is 2.13. The van der Waals surface area contributed by atoms with Gasteiger partial charge in [-0.25, -0.2) is 18.1 Å². The van der Waals surface area contributed by atoms with Crippen LogP contribution in [0.15, 0.2) is 29.3 Å². The molecular formula is C18H32N4O3S. The van der Waals surface area contributed by atoms with Gasteiger partial charge in [-0.2, -0.15) is 0 Å². The van der Waals surface area contributed by atoms with E-state index in [1.54, 1.807) is 7.11 Å². The molecule has 1 rings (SSSR count). The molecule has 1 atom stereocenters. The van der Waals surface area contributed by atoms with Crippen LogP contribution in [0.2, 0.25) is 0 Å². The Hall–Kier alpha value is -1.64. The molecule has 0 bridgehead atoms. The highest BCUT2D eigenvalue weighted by Gasteiger charge is 2.15. The number of rotatable bonds is 10. The monoisotopic (exact) mass is 384 g/mol. The zero-order valence-electron chi connectivity index (χ0n) is 16.4. The van der Waals surface area contributed by atoms with Gasteiger partial charge in [0.05, 0.1) is 18.9 Å².